The van der Waals surface area contributed by atoms with E-state index in [-0.39, 0.29) is 20.1 Å². The number of para-hydroxylation sites is 1. The van der Waals surface area contributed by atoms with Gasteiger partial charge in [0.25, 0.3) is 0 Å². The van der Waals surface area contributed by atoms with Crippen molar-refractivity contribution in [3.8, 4) is 22.5 Å². The molecule has 1 radical (unpaired) electrons. The molecule has 3 nitrogen and oxygen atoms in total. The average Bonchev–Trinajstić information content (AvgIpc) is 3.29. The Morgan fingerprint density at radius 2 is 1.44 bits per heavy atom. The molecule has 3 aromatic heterocycles. The monoisotopic (exact) mass is 650 g/mol. The molecule has 0 atom stereocenters. The quantitative estimate of drug-likeness (QED) is 0.178. The Labute approximate surface area is 229 Å². The molecular formula is C32H26IrN2O-2. The molecule has 0 unspecified atom stereocenters. The van der Waals surface area contributed by atoms with Gasteiger partial charge in [0, 0.05) is 42.0 Å². The van der Waals surface area contributed by atoms with Crippen LogP contribution in [0.15, 0.2) is 89.6 Å². The zero-order valence-corrected chi connectivity index (χ0v) is 22.6. The molecule has 0 bridgehead atoms. The van der Waals surface area contributed by atoms with Gasteiger partial charge in [-0.05, 0) is 56.2 Å². The third-order valence-electron chi connectivity index (χ3n) is 6.06. The Morgan fingerprint density at radius 1 is 0.722 bits per heavy atom. The standard InChI is InChI=1S/C19H14NO.C13H12N.Ir/c1-12-10-17(20-11-13(12)2)16-8-5-7-15-14-6-3-4-9-18(14)21-19(15)16;1-10-8-13(14-9-11(10)2)12-6-4-3-5-7-12;/h3-7,9-11H,1-2H3;3-6,8-9H,1-2H3;/q2*-1;/i;2D3;. The number of aromatic nitrogens is 2. The van der Waals surface area contributed by atoms with Crippen molar-refractivity contribution in [1.82, 2.24) is 9.97 Å². The molecule has 0 aliphatic rings. The predicted octanol–water partition coefficient (Wildman–Crippen LogP) is 8.23. The first-order valence-electron chi connectivity index (χ1n) is 12.9. The van der Waals surface area contributed by atoms with E-state index in [0.29, 0.717) is 5.56 Å². The molecule has 0 aliphatic heterocycles. The Bertz CT molecular complexity index is 1740. The van der Waals surface area contributed by atoms with Crippen LogP contribution in [-0.2, 0) is 20.1 Å². The summed E-state index contributed by atoms with van der Waals surface area (Å²) in [5.41, 5.74) is 8.64. The number of furan rings is 1. The molecule has 4 heteroatoms. The molecule has 0 N–H and O–H groups in total. The Morgan fingerprint density at radius 3 is 2.19 bits per heavy atom. The molecule has 0 saturated carbocycles. The van der Waals surface area contributed by atoms with Crippen molar-refractivity contribution >= 4 is 21.9 Å². The van der Waals surface area contributed by atoms with Crippen LogP contribution in [0.5, 0.6) is 0 Å². The second-order valence-corrected chi connectivity index (χ2v) is 8.51. The van der Waals surface area contributed by atoms with Crippen LogP contribution < -0.4 is 0 Å². The van der Waals surface area contributed by atoms with Gasteiger partial charge in [0.15, 0.2) is 0 Å². The fourth-order valence-corrected chi connectivity index (χ4v) is 3.90. The summed E-state index contributed by atoms with van der Waals surface area (Å²) in [6, 6.07) is 29.8. The van der Waals surface area contributed by atoms with Crippen LogP contribution in [0.1, 0.15) is 26.4 Å². The van der Waals surface area contributed by atoms with Crippen molar-refractivity contribution < 1.29 is 28.6 Å². The summed E-state index contributed by atoms with van der Waals surface area (Å²) in [6.07, 6.45) is 3.33. The smallest absolute Gasteiger partial charge is 0.120 e. The van der Waals surface area contributed by atoms with Gasteiger partial charge >= 0.3 is 0 Å². The fraction of sp³-hybridized carbons (Fsp3) is 0.125. The van der Waals surface area contributed by atoms with E-state index in [9.17, 15) is 0 Å². The Hall–Kier alpha value is -3.59. The van der Waals surface area contributed by atoms with E-state index in [1.54, 1.807) is 13.0 Å². The van der Waals surface area contributed by atoms with Crippen LogP contribution in [0.4, 0.5) is 0 Å². The van der Waals surface area contributed by atoms with E-state index in [0.717, 1.165) is 50.0 Å². The normalized spacial score (nSPS) is 12.1. The fourth-order valence-electron chi connectivity index (χ4n) is 3.90. The van der Waals surface area contributed by atoms with Gasteiger partial charge in [-0.2, -0.15) is 0 Å². The summed E-state index contributed by atoms with van der Waals surface area (Å²) in [7, 11) is 0. The van der Waals surface area contributed by atoms with Crippen molar-refractivity contribution in [2.24, 2.45) is 0 Å². The van der Waals surface area contributed by atoms with Gasteiger partial charge in [-0.15, -0.1) is 54.1 Å². The van der Waals surface area contributed by atoms with E-state index in [4.69, 9.17) is 8.53 Å². The zero-order chi connectivity index (χ0) is 26.9. The van der Waals surface area contributed by atoms with Crippen LogP contribution in [0.25, 0.3) is 44.5 Å². The minimum absolute atomic E-state index is 0. The predicted molar refractivity (Wildman–Crippen MR) is 143 cm³/mol. The molecule has 6 rings (SSSR count). The van der Waals surface area contributed by atoms with Gasteiger partial charge in [-0.25, -0.2) is 0 Å². The summed E-state index contributed by atoms with van der Waals surface area (Å²) in [5.74, 6) is 0. The number of rotatable bonds is 2. The largest absolute Gasteiger partial charge is 0.501 e. The molecule has 0 saturated heterocycles. The van der Waals surface area contributed by atoms with Gasteiger partial charge in [-0.1, -0.05) is 52.4 Å². The minimum atomic E-state index is -2.10. The zero-order valence-electron chi connectivity index (χ0n) is 23.2. The van der Waals surface area contributed by atoms with Gasteiger partial charge in [0.2, 0.25) is 0 Å². The Kier molecular flexibility index (Phi) is 6.62. The van der Waals surface area contributed by atoms with E-state index >= 15 is 0 Å². The number of aryl methyl sites for hydroxylation is 4. The van der Waals surface area contributed by atoms with E-state index < -0.39 is 6.85 Å². The third-order valence-corrected chi connectivity index (χ3v) is 6.06. The van der Waals surface area contributed by atoms with Crippen LogP contribution in [0, 0.1) is 39.8 Å². The van der Waals surface area contributed by atoms with Crippen molar-refractivity contribution in [3.05, 3.63) is 120 Å². The molecule has 0 amide bonds. The molecule has 3 heterocycles. The second kappa shape index (κ2) is 11.0. The molecule has 0 aliphatic carbocycles. The summed E-state index contributed by atoms with van der Waals surface area (Å²) >= 11 is 0. The van der Waals surface area contributed by atoms with Crippen LogP contribution >= 0.6 is 0 Å². The summed E-state index contributed by atoms with van der Waals surface area (Å²) in [4.78, 5) is 8.72. The number of hydrogen-bond donors (Lipinski definition) is 0. The topological polar surface area (TPSA) is 38.9 Å². The first kappa shape index (κ1) is 21.7. The van der Waals surface area contributed by atoms with Crippen molar-refractivity contribution in [1.29, 1.82) is 0 Å². The first-order chi connectivity index (χ1) is 18.2. The molecule has 181 valence electrons. The maximum absolute atomic E-state index is 7.37. The average molecular weight is 650 g/mol. The van der Waals surface area contributed by atoms with Crippen LogP contribution in [0.3, 0.4) is 0 Å². The summed E-state index contributed by atoms with van der Waals surface area (Å²) in [5, 5.41) is 2.24. The van der Waals surface area contributed by atoms with Gasteiger partial charge < -0.3 is 14.4 Å². The number of benzene rings is 3. The number of fused-ring (bicyclic) bond motifs is 3. The van der Waals surface area contributed by atoms with Crippen LogP contribution in [-0.4, -0.2) is 9.97 Å². The third kappa shape index (κ3) is 5.16. The molecule has 36 heavy (non-hydrogen) atoms. The number of hydrogen-bond acceptors (Lipinski definition) is 3. The summed E-state index contributed by atoms with van der Waals surface area (Å²) in [6.45, 7) is 3.85. The van der Waals surface area contributed by atoms with Gasteiger partial charge in [0.05, 0.1) is 5.58 Å². The van der Waals surface area contributed by atoms with Crippen molar-refractivity contribution in [3.63, 3.8) is 0 Å². The van der Waals surface area contributed by atoms with Crippen LogP contribution in [0.2, 0.25) is 0 Å². The van der Waals surface area contributed by atoms with Crippen molar-refractivity contribution in [2.75, 3.05) is 0 Å². The second-order valence-electron chi connectivity index (χ2n) is 8.51. The van der Waals surface area contributed by atoms with Gasteiger partial charge in [-0.3, -0.25) is 0 Å². The van der Waals surface area contributed by atoms with E-state index in [1.807, 2.05) is 60.8 Å². The van der Waals surface area contributed by atoms with E-state index in [2.05, 4.69) is 48.1 Å². The molecule has 6 aromatic rings. The van der Waals surface area contributed by atoms with Crippen molar-refractivity contribution in [2.45, 2.75) is 27.6 Å². The van der Waals surface area contributed by atoms with Gasteiger partial charge in [0.1, 0.15) is 5.58 Å². The molecule has 0 spiro atoms. The maximum atomic E-state index is 7.37. The molecular weight excluding hydrogens is 621 g/mol. The number of pyridine rings is 2. The first-order valence-corrected chi connectivity index (χ1v) is 11.4. The Balaban J connectivity index is 0.000000181. The maximum Gasteiger partial charge on any atom is 0.120 e. The SMILES string of the molecule is Cc1cnc(-c2[c-]ccc3c2oc2ccccc23)cc1C.[2H]C([2H])([2H])c1cnc(-c2[c-]cccc2)cc1C.[Ir]. The summed E-state index contributed by atoms with van der Waals surface area (Å²) < 4.78 is 28.2. The molecule has 3 aromatic carbocycles. The van der Waals surface area contributed by atoms with E-state index in [1.165, 1.54) is 17.3 Å². The molecule has 0 fully saturated rings. The minimum Gasteiger partial charge on any atom is -0.501 e. The number of nitrogens with zero attached hydrogens (tertiary/aromatic N) is 2.